The maximum absolute atomic E-state index is 12.6. The van der Waals surface area contributed by atoms with Crippen LogP contribution in [0.15, 0.2) is 59.9 Å². The topological polar surface area (TPSA) is 73.6 Å². The molecule has 0 amide bonds. The fraction of sp³-hybridized carbons (Fsp3) is 0.227. The molecule has 1 aliphatic rings. The monoisotopic (exact) mass is 375 g/mol. The summed E-state index contributed by atoms with van der Waals surface area (Å²) in [6, 6.07) is 16.6. The van der Waals surface area contributed by atoms with Crippen molar-refractivity contribution in [2.75, 3.05) is 30.5 Å². The number of esters is 1. The van der Waals surface area contributed by atoms with E-state index in [4.69, 9.17) is 4.74 Å². The number of hydrogen-bond donors (Lipinski definition) is 0. The maximum atomic E-state index is 12.6. The Labute approximate surface area is 164 Å². The van der Waals surface area contributed by atoms with E-state index in [1.165, 1.54) is 0 Å². The highest BCUT2D eigenvalue weighted by atomic mass is 16.5. The van der Waals surface area contributed by atoms with Crippen molar-refractivity contribution in [2.24, 2.45) is 0 Å². The number of hydrogen-bond acceptors (Lipinski definition) is 6. The van der Waals surface area contributed by atoms with Crippen LogP contribution in [0, 0.1) is 11.3 Å². The van der Waals surface area contributed by atoms with Crippen LogP contribution in [-0.4, -0.2) is 32.5 Å². The summed E-state index contributed by atoms with van der Waals surface area (Å²) in [5, 5.41) is 9.59. The lowest BCUT2D eigenvalue weighted by Crippen LogP contribution is -2.27. The second-order valence-electron chi connectivity index (χ2n) is 6.47. The summed E-state index contributed by atoms with van der Waals surface area (Å²) in [5.41, 5.74) is 3.23. The van der Waals surface area contributed by atoms with Crippen molar-refractivity contribution < 1.29 is 14.3 Å². The molecule has 3 rings (SSSR count). The Balaban J connectivity index is 1.76. The molecule has 0 spiro atoms. The van der Waals surface area contributed by atoms with Crippen LogP contribution in [0.2, 0.25) is 0 Å². The average Bonchev–Trinajstić information content (AvgIpc) is 2.98. The molecule has 0 fully saturated rings. The quantitative estimate of drug-likeness (QED) is 0.454. The van der Waals surface area contributed by atoms with Crippen LogP contribution in [0.1, 0.15) is 22.8 Å². The van der Waals surface area contributed by atoms with E-state index in [-0.39, 0.29) is 5.57 Å². The SMILES string of the molecule is CCc1ccc(C(=O)OCC(=O)C(C#N)=C2N(C)c3ccccc3N2C)cc1. The number of nitrogens with zero attached hydrogens (tertiary/aromatic N) is 3. The lowest BCUT2D eigenvalue weighted by Gasteiger charge is -2.19. The van der Waals surface area contributed by atoms with Gasteiger partial charge in [-0.15, -0.1) is 0 Å². The molecule has 1 heterocycles. The first-order valence-corrected chi connectivity index (χ1v) is 8.98. The van der Waals surface area contributed by atoms with Gasteiger partial charge in [-0.2, -0.15) is 5.26 Å². The van der Waals surface area contributed by atoms with Gasteiger partial charge in [-0.3, -0.25) is 4.79 Å². The van der Waals surface area contributed by atoms with Crippen LogP contribution < -0.4 is 9.80 Å². The molecule has 28 heavy (non-hydrogen) atoms. The van der Waals surface area contributed by atoms with Crippen LogP contribution in [0.4, 0.5) is 11.4 Å². The van der Waals surface area contributed by atoms with Crippen molar-refractivity contribution >= 4 is 23.1 Å². The second-order valence-corrected chi connectivity index (χ2v) is 6.47. The zero-order valence-corrected chi connectivity index (χ0v) is 16.1. The lowest BCUT2D eigenvalue weighted by atomic mass is 10.1. The molecule has 0 saturated carbocycles. The highest BCUT2D eigenvalue weighted by Gasteiger charge is 2.31. The number of carbonyl (C=O) groups excluding carboxylic acids is 2. The second kappa shape index (κ2) is 7.97. The Bertz CT molecular complexity index is 956. The third-order valence-electron chi connectivity index (χ3n) is 4.79. The van der Waals surface area contributed by atoms with E-state index in [1.54, 1.807) is 36.0 Å². The van der Waals surface area contributed by atoms with E-state index in [0.29, 0.717) is 11.4 Å². The van der Waals surface area contributed by atoms with Crippen molar-refractivity contribution in [2.45, 2.75) is 13.3 Å². The number of para-hydroxylation sites is 2. The minimum absolute atomic E-state index is 0.0460. The van der Waals surface area contributed by atoms with Crippen LogP contribution >= 0.6 is 0 Å². The molecular weight excluding hydrogens is 354 g/mol. The molecule has 142 valence electrons. The van der Waals surface area contributed by atoms with Gasteiger partial charge in [-0.05, 0) is 36.2 Å². The van der Waals surface area contributed by atoms with Crippen molar-refractivity contribution in [3.05, 3.63) is 71.1 Å². The number of fused-ring (bicyclic) bond motifs is 1. The van der Waals surface area contributed by atoms with Crippen molar-refractivity contribution in [3.63, 3.8) is 0 Å². The number of benzene rings is 2. The summed E-state index contributed by atoms with van der Waals surface area (Å²) in [6.07, 6.45) is 0.871. The minimum Gasteiger partial charge on any atom is -0.454 e. The van der Waals surface area contributed by atoms with Crippen molar-refractivity contribution in [1.82, 2.24) is 0 Å². The van der Waals surface area contributed by atoms with Gasteiger partial charge in [0.2, 0.25) is 5.78 Å². The number of anilines is 2. The number of nitriles is 1. The smallest absolute Gasteiger partial charge is 0.338 e. The molecule has 0 N–H and O–H groups in total. The molecule has 1 aliphatic heterocycles. The van der Waals surface area contributed by atoms with Gasteiger partial charge in [0.25, 0.3) is 0 Å². The fourth-order valence-corrected chi connectivity index (χ4v) is 3.22. The average molecular weight is 375 g/mol. The van der Waals surface area contributed by atoms with Gasteiger partial charge in [0.1, 0.15) is 17.5 Å². The zero-order chi connectivity index (χ0) is 20.3. The number of aryl methyl sites for hydroxylation is 1. The van der Waals surface area contributed by atoms with Crippen LogP contribution in [-0.2, 0) is 16.0 Å². The lowest BCUT2D eigenvalue weighted by molar-refractivity contribution is -0.118. The highest BCUT2D eigenvalue weighted by molar-refractivity contribution is 6.04. The first-order valence-electron chi connectivity index (χ1n) is 8.98. The van der Waals surface area contributed by atoms with E-state index < -0.39 is 18.4 Å². The van der Waals surface area contributed by atoms with E-state index in [9.17, 15) is 14.9 Å². The predicted octanol–water partition coefficient (Wildman–Crippen LogP) is 3.30. The van der Waals surface area contributed by atoms with Crippen molar-refractivity contribution in [3.8, 4) is 6.07 Å². The molecule has 2 aromatic rings. The van der Waals surface area contributed by atoms with Gasteiger partial charge in [0.15, 0.2) is 6.61 Å². The Hall–Kier alpha value is -3.59. The van der Waals surface area contributed by atoms with Crippen molar-refractivity contribution in [1.29, 1.82) is 5.26 Å². The Kier molecular flexibility index (Phi) is 5.46. The van der Waals surface area contributed by atoms with Gasteiger partial charge in [-0.1, -0.05) is 31.2 Å². The summed E-state index contributed by atoms with van der Waals surface area (Å²) >= 11 is 0. The van der Waals surface area contributed by atoms with E-state index in [0.717, 1.165) is 23.4 Å². The largest absolute Gasteiger partial charge is 0.454 e. The van der Waals surface area contributed by atoms with Gasteiger partial charge >= 0.3 is 5.97 Å². The molecule has 0 saturated heterocycles. The predicted molar refractivity (Wildman–Crippen MR) is 107 cm³/mol. The molecule has 2 aromatic carbocycles. The number of carbonyl (C=O) groups is 2. The Morgan fingerprint density at radius 2 is 1.57 bits per heavy atom. The van der Waals surface area contributed by atoms with Gasteiger partial charge in [0, 0.05) is 14.1 Å². The molecule has 6 heteroatoms. The van der Waals surface area contributed by atoms with Gasteiger partial charge < -0.3 is 14.5 Å². The highest BCUT2D eigenvalue weighted by Crippen LogP contribution is 2.40. The van der Waals surface area contributed by atoms with Crippen LogP contribution in [0.25, 0.3) is 0 Å². The maximum Gasteiger partial charge on any atom is 0.338 e. The summed E-state index contributed by atoms with van der Waals surface area (Å²) in [4.78, 5) is 28.4. The normalized spacial score (nSPS) is 12.4. The molecule has 0 aliphatic carbocycles. The number of ether oxygens (including phenoxy) is 1. The molecule has 0 aromatic heterocycles. The number of Topliss-reactive ketones (excluding diaryl/α,β-unsaturated/α-hetero) is 1. The summed E-state index contributed by atoms with van der Waals surface area (Å²) in [7, 11) is 3.59. The van der Waals surface area contributed by atoms with Gasteiger partial charge in [0.05, 0.1) is 16.9 Å². The van der Waals surface area contributed by atoms with Crippen LogP contribution in [0.3, 0.4) is 0 Å². The molecule has 0 atom stereocenters. The molecule has 6 nitrogen and oxygen atoms in total. The molecular formula is C22H21N3O3. The molecule has 0 radical (unpaired) electrons. The van der Waals surface area contributed by atoms with E-state index in [1.807, 2.05) is 49.4 Å². The summed E-state index contributed by atoms with van der Waals surface area (Å²) < 4.78 is 5.14. The Morgan fingerprint density at radius 3 is 2.07 bits per heavy atom. The summed E-state index contributed by atoms with van der Waals surface area (Å²) in [5.74, 6) is -0.658. The number of rotatable bonds is 5. The number of ketones is 1. The van der Waals surface area contributed by atoms with Crippen LogP contribution in [0.5, 0.6) is 0 Å². The molecule has 0 bridgehead atoms. The first kappa shape index (κ1) is 19.2. The third-order valence-corrected chi connectivity index (χ3v) is 4.79. The van der Waals surface area contributed by atoms with E-state index >= 15 is 0 Å². The standard InChI is InChI=1S/C22H21N3O3/c1-4-15-9-11-16(12-10-15)22(27)28-14-20(26)17(13-23)21-24(2)18-7-5-6-8-19(18)25(21)3/h5-12H,4,14H2,1-3H3. The first-order chi connectivity index (χ1) is 13.5. The Morgan fingerprint density at radius 1 is 1.00 bits per heavy atom. The minimum atomic E-state index is -0.588. The third kappa shape index (κ3) is 3.47. The summed E-state index contributed by atoms with van der Waals surface area (Å²) in [6.45, 7) is 1.54. The van der Waals surface area contributed by atoms with Gasteiger partial charge in [-0.25, -0.2) is 4.79 Å². The zero-order valence-electron chi connectivity index (χ0n) is 16.1. The molecule has 0 unspecified atom stereocenters. The van der Waals surface area contributed by atoms with E-state index in [2.05, 4.69) is 0 Å². The fourth-order valence-electron chi connectivity index (χ4n) is 3.22.